The zero-order valence-electron chi connectivity index (χ0n) is 14.1. The van der Waals surface area contributed by atoms with E-state index in [0.29, 0.717) is 27.3 Å². The molecule has 0 spiro atoms. The van der Waals surface area contributed by atoms with Crippen LogP contribution < -0.4 is 10.5 Å². The Morgan fingerprint density at radius 1 is 1.15 bits per heavy atom. The van der Waals surface area contributed by atoms with Crippen LogP contribution in [0.4, 0.5) is 5.95 Å². The molecule has 1 atom stereocenters. The Balaban J connectivity index is 2.01. The van der Waals surface area contributed by atoms with Crippen LogP contribution in [0.25, 0.3) is 27.9 Å². The van der Waals surface area contributed by atoms with E-state index in [4.69, 9.17) is 15.3 Å². The molecule has 3 N–H and O–H groups in total. The number of hydrogen-bond donors (Lipinski definition) is 2. The van der Waals surface area contributed by atoms with Crippen molar-refractivity contribution in [2.24, 2.45) is 0 Å². The summed E-state index contributed by atoms with van der Waals surface area (Å²) >= 11 is 0. The molecule has 9 heteroatoms. The van der Waals surface area contributed by atoms with Gasteiger partial charge in [0, 0.05) is 17.2 Å². The summed E-state index contributed by atoms with van der Waals surface area (Å²) in [7, 11) is -1.35. The van der Waals surface area contributed by atoms with E-state index in [0.717, 1.165) is 11.3 Å². The number of methoxy groups -OCH3 is 1. The van der Waals surface area contributed by atoms with Crippen LogP contribution in [0.1, 0.15) is 0 Å². The van der Waals surface area contributed by atoms with Gasteiger partial charge in [-0.2, -0.15) is 4.52 Å². The highest BCUT2D eigenvalue weighted by atomic mass is 32.2. The molecule has 8 nitrogen and oxygen atoms in total. The third kappa shape index (κ3) is 2.53. The Kier molecular flexibility index (Phi) is 3.55. The number of para-hydroxylation sites is 1. The first-order valence-corrected chi connectivity index (χ1v) is 9.68. The summed E-state index contributed by atoms with van der Waals surface area (Å²) in [6.45, 7) is 0. The maximum Gasteiger partial charge on any atom is 0.223 e. The van der Waals surface area contributed by atoms with Crippen LogP contribution in [0, 0.1) is 4.78 Å². The van der Waals surface area contributed by atoms with Crippen molar-refractivity contribution in [3.8, 4) is 17.1 Å². The van der Waals surface area contributed by atoms with Crippen LogP contribution in [0.5, 0.6) is 5.75 Å². The second-order valence-corrected chi connectivity index (χ2v) is 7.99. The number of aromatic nitrogens is 4. The monoisotopic (exact) mass is 368 g/mol. The lowest BCUT2D eigenvalue weighted by atomic mass is 10.2. The van der Waals surface area contributed by atoms with E-state index >= 15 is 0 Å². The van der Waals surface area contributed by atoms with Crippen LogP contribution in [0.15, 0.2) is 47.4 Å². The van der Waals surface area contributed by atoms with E-state index in [2.05, 4.69) is 15.1 Å². The molecule has 2 aromatic carbocycles. The number of nitrogens with zero attached hydrogens (tertiary/aromatic N) is 4. The van der Waals surface area contributed by atoms with Gasteiger partial charge in [0.2, 0.25) is 5.95 Å². The van der Waals surface area contributed by atoms with E-state index in [-0.39, 0.29) is 5.95 Å². The summed E-state index contributed by atoms with van der Waals surface area (Å²) in [5.74, 6) is 1.35. The lowest BCUT2D eigenvalue weighted by molar-refractivity contribution is 0.415. The first kappa shape index (κ1) is 16.3. The third-order valence-electron chi connectivity index (χ3n) is 4.06. The molecule has 0 saturated heterocycles. The van der Waals surface area contributed by atoms with Crippen molar-refractivity contribution in [2.75, 3.05) is 19.1 Å². The van der Waals surface area contributed by atoms with Gasteiger partial charge in [-0.3, -0.25) is 0 Å². The Labute approximate surface area is 149 Å². The summed E-state index contributed by atoms with van der Waals surface area (Å²) in [6.07, 6.45) is 1.36. The number of nitrogens with one attached hydrogen (secondary N) is 1. The minimum absolute atomic E-state index is 0.121. The normalized spacial score (nSPS) is 13.8. The Morgan fingerprint density at radius 2 is 1.88 bits per heavy atom. The number of anilines is 1. The van der Waals surface area contributed by atoms with Gasteiger partial charge in [-0.05, 0) is 36.4 Å². The summed E-state index contributed by atoms with van der Waals surface area (Å²) in [5, 5.41) is 5.08. The van der Waals surface area contributed by atoms with E-state index < -0.39 is 9.73 Å². The second-order valence-electron chi connectivity index (χ2n) is 5.87. The molecule has 26 heavy (non-hydrogen) atoms. The van der Waals surface area contributed by atoms with Crippen molar-refractivity contribution in [3.05, 3.63) is 42.5 Å². The average Bonchev–Trinajstić information content (AvgIpc) is 3.07. The Hall–Kier alpha value is -3.20. The largest absolute Gasteiger partial charge is 0.497 e. The van der Waals surface area contributed by atoms with Crippen molar-refractivity contribution in [1.29, 1.82) is 4.78 Å². The summed E-state index contributed by atoms with van der Waals surface area (Å²) in [5.41, 5.74) is 7.76. The van der Waals surface area contributed by atoms with Gasteiger partial charge in [0.1, 0.15) is 5.75 Å². The molecule has 0 aliphatic rings. The van der Waals surface area contributed by atoms with Gasteiger partial charge in [-0.25, -0.2) is 19.0 Å². The van der Waals surface area contributed by atoms with Crippen molar-refractivity contribution >= 4 is 32.2 Å². The maximum absolute atomic E-state index is 12.3. The predicted octanol–water partition coefficient (Wildman–Crippen LogP) is 2.57. The van der Waals surface area contributed by atoms with Crippen molar-refractivity contribution in [1.82, 2.24) is 19.6 Å². The first-order valence-electron chi connectivity index (χ1n) is 7.71. The minimum Gasteiger partial charge on any atom is -0.497 e. The Morgan fingerprint density at radius 3 is 2.54 bits per heavy atom. The fourth-order valence-corrected chi connectivity index (χ4v) is 3.67. The molecule has 0 fully saturated rings. The van der Waals surface area contributed by atoms with Crippen LogP contribution in [-0.4, -0.2) is 37.2 Å². The SMILES string of the molecule is COc1ccc(-c2nc3c4cccc(S(C)(=N)=O)c4nc(N)n3n2)cc1. The summed E-state index contributed by atoms with van der Waals surface area (Å²) in [4.78, 5) is 9.24. The molecular formula is C17H16N6O2S. The first-order chi connectivity index (χ1) is 12.4. The van der Waals surface area contributed by atoms with Gasteiger partial charge in [-0.1, -0.05) is 6.07 Å². The second kappa shape index (κ2) is 5.67. The van der Waals surface area contributed by atoms with Crippen molar-refractivity contribution in [2.45, 2.75) is 4.90 Å². The average molecular weight is 368 g/mol. The summed E-state index contributed by atoms with van der Waals surface area (Å²) in [6, 6.07) is 12.5. The van der Waals surface area contributed by atoms with Gasteiger partial charge < -0.3 is 10.5 Å². The van der Waals surface area contributed by atoms with Gasteiger partial charge >= 0.3 is 0 Å². The highest BCUT2D eigenvalue weighted by Crippen LogP contribution is 2.28. The zero-order chi connectivity index (χ0) is 18.5. The van der Waals surface area contributed by atoms with Crippen LogP contribution in [0.3, 0.4) is 0 Å². The van der Waals surface area contributed by atoms with E-state index in [9.17, 15) is 4.21 Å². The molecule has 0 saturated carbocycles. The van der Waals surface area contributed by atoms with Gasteiger partial charge in [0.25, 0.3) is 0 Å². The molecule has 132 valence electrons. The van der Waals surface area contributed by atoms with Crippen LogP contribution in [0.2, 0.25) is 0 Å². The molecule has 4 aromatic rings. The number of fused-ring (bicyclic) bond motifs is 3. The molecule has 1 unspecified atom stereocenters. The van der Waals surface area contributed by atoms with E-state index in [1.165, 1.54) is 10.8 Å². The minimum atomic E-state index is -2.96. The fraction of sp³-hybridized carbons (Fsp3) is 0.118. The quantitative estimate of drug-likeness (QED) is 0.573. The van der Waals surface area contributed by atoms with Gasteiger partial charge in [0.15, 0.2) is 11.5 Å². The lowest BCUT2D eigenvalue weighted by Crippen LogP contribution is -2.05. The van der Waals surface area contributed by atoms with Crippen LogP contribution >= 0.6 is 0 Å². The topological polar surface area (TPSA) is 119 Å². The number of nitrogens with two attached hydrogens (primary N) is 1. The number of benzene rings is 2. The maximum atomic E-state index is 12.3. The highest BCUT2D eigenvalue weighted by Gasteiger charge is 2.17. The molecule has 0 aliphatic carbocycles. The lowest BCUT2D eigenvalue weighted by Gasteiger charge is -2.07. The molecule has 2 aromatic heterocycles. The number of hydrogen-bond acceptors (Lipinski definition) is 7. The highest BCUT2D eigenvalue weighted by molar-refractivity contribution is 7.92. The summed E-state index contributed by atoms with van der Waals surface area (Å²) < 4.78 is 26.8. The van der Waals surface area contributed by atoms with Gasteiger partial charge in [-0.15, -0.1) is 5.10 Å². The Bertz CT molecular complexity index is 1250. The molecule has 2 heterocycles. The third-order valence-corrected chi connectivity index (χ3v) is 5.23. The zero-order valence-corrected chi connectivity index (χ0v) is 14.9. The molecule has 0 aliphatic heterocycles. The van der Waals surface area contributed by atoms with E-state index in [1.54, 1.807) is 25.3 Å². The predicted molar refractivity (Wildman–Crippen MR) is 99.7 cm³/mol. The fourth-order valence-electron chi connectivity index (χ4n) is 2.80. The molecule has 0 amide bonds. The molecule has 4 rings (SSSR count). The standard InChI is InChI=1S/C17H16N6O2S/c1-25-11-8-6-10(7-9-11)15-21-16-12-4-3-5-13(26(2,19)24)14(12)20-17(18)23(16)22-15/h3-9,19H,1-2H3,(H2,18,20). The molecule has 0 bridgehead atoms. The van der Waals surface area contributed by atoms with Crippen molar-refractivity contribution in [3.63, 3.8) is 0 Å². The number of nitrogen functional groups attached to an aromatic ring is 1. The van der Waals surface area contributed by atoms with Gasteiger partial charge in [0.05, 0.1) is 27.3 Å². The van der Waals surface area contributed by atoms with Crippen molar-refractivity contribution < 1.29 is 8.95 Å². The molecule has 0 radical (unpaired) electrons. The number of ether oxygens (including phenoxy) is 1. The number of rotatable bonds is 3. The van der Waals surface area contributed by atoms with Crippen LogP contribution in [-0.2, 0) is 9.73 Å². The smallest absolute Gasteiger partial charge is 0.223 e. The van der Waals surface area contributed by atoms with E-state index in [1.807, 2.05) is 24.3 Å². The molecular weight excluding hydrogens is 352 g/mol.